The number of halogens is 2. The first-order valence-electron chi connectivity index (χ1n) is 8.98. The van der Waals surface area contributed by atoms with E-state index in [1.54, 1.807) is 0 Å². The Morgan fingerprint density at radius 2 is 1.04 bits per heavy atom. The first kappa shape index (κ1) is 20.1. The predicted molar refractivity (Wildman–Crippen MR) is 106 cm³/mol. The van der Waals surface area contributed by atoms with Crippen LogP contribution in [0.3, 0.4) is 0 Å². The van der Waals surface area contributed by atoms with Crippen molar-refractivity contribution in [2.24, 2.45) is 11.8 Å². The van der Waals surface area contributed by atoms with Gasteiger partial charge in [-0.15, -0.1) is 34.0 Å². The van der Waals surface area contributed by atoms with Crippen LogP contribution in [-0.4, -0.2) is 0 Å². The van der Waals surface area contributed by atoms with E-state index in [1.165, 1.54) is 64.2 Å². The third-order valence-corrected chi connectivity index (χ3v) is 9.73. The normalized spacial score (nSPS) is 24.5. The summed E-state index contributed by atoms with van der Waals surface area (Å²) in [4.78, 5) is 0. The fourth-order valence-electron chi connectivity index (χ4n) is 4.71. The molecule has 2 fully saturated rings. The zero-order chi connectivity index (χ0) is 14.1. The third-order valence-electron chi connectivity index (χ3n) is 5.83. The van der Waals surface area contributed by atoms with E-state index in [0.717, 1.165) is 11.8 Å². The molecule has 0 aromatic heterocycles. The second-order valence-corrected chi connectivity index (χ2v) is 10.8. The van der Waals surface area contributed by atoms with Gasteiger partial charge < -0.3 is 0 Å². The van der Waals surface area contributed by atoms with E-state index in [-0.39, 0.29) is 34.0 Å². The van der Waals surface area contributed by atoms with Gasteiger partial charge in [-0.1, -0.05) is 0 Å². The summed E-state index contributed by atoms with van der Waals surface area (Å²) in [5, 5.41) is 0. The van der Waals surface area contributed by atoms with Crippen molar-refractivity contribution in [3.05, 3.63) is 42.0 Å². The molecule has 0 aromatic carbocycles. The van der Waals surface area contributed by atoms with Gasteiger partial charge in [-0.25, -0.2) is 0 Å². The van der Waals surface area contributed by atoms with Crippen molar-refractivity contribution in [3.8, 4) is 0 Å². The van der Waals surface area contributed by atoms with Crippen LogP contribution in [0.5, 0.6) is 0 Å². The van der Waals surface area contributed by atoms with Crippen LogP contribution >= 0.6 is 34.0 Å². The van der Waals surface area contributed by atoms with E-state index in [0.29, 0.717) is 0 Å². The number of hydrogen-bond acceptors (Lipinski definition) is 0. The van der Waals surface area contributed by atoms with Crippen molar-refractivity contribution in [1.29, 1.82) is 0 Å². The summed E-state index contributed by atoms with van der Waals surface area (Å²) in [6.07, 6.45) is 24.3. The fraction of sp³-hybridized carbons (Fsp3) is 0.600. The Morgan fingerprint density at radius 1 is 0.652 bits per heavy atom. The van der Waals surface area contributed by atoms with Gasteiger partial charge in [-0.2, -0.15) is 0 Å². The molecule has 0 aromatic rings. The van der Waals surface area contributed by atoms with Crippen LogP contribution in [0.25, 0.3) is 0 Å². The molecule has 0 unspecified atom stereocenters. The summed E-state index contributed by atoms with van der Waals surface area (Å²) in [6, 6.07) is 0. The number of allylic oxidation sites excluding steroid dienone is 8. The summed E-state index contributed by atoms with van der Waals surface area (Å²) < 4.78 is 3.86. The van der Waals surface area contributed by atoms with Crippen molar-refractivity contribution in [3.63, 3.8) is 0 Å². The minimum absolute atomic E-state index is 0. The molecule has 3 heteroatoms. The Labute approximate surface area is 174 Å². The van der Waals surface area contributed by atoms with Gasteiger partial charge in [0.15, 0.2) is 0 Å². The molecule has 2 saturated carbocycles. The molecule has 23 heavy (non-hydrogen) atoms. The van der Waals surface area contributed by atoms with Crippen molar-refractivity contribution >= 4 is 34.0 Å². The van der Waals surface area contributed by atoms with Gasteiger partial charge in [0.05, 0.1) is 0 Å². The van der Waals surface area contributed by atoms with E-state index in [1.807, 2.05) is 17.7 Å². The molecule has 4 aliphatic carbocycles. The Kier molecular flexibility index (Phi) is 8.30. The molecule has 126 valence electrons. The average molecular weight is 519 g/mol. The van der Waals surface area contributed by atoms with Crippen LogP contribution in [0.15, 0.2) is 42.0 Å². The summed E-state index contributed by atoms with van der Waals surface area (Å²) >= 11 is -0.486. The molecular weight excluding hydrogens is 491 g/mol. The molecule has 0 bridgehead atoms. The van der Waals surface area contributed by atoms with Gasteiger partial charge in [0.1, 0.15) is 0 Å². The van der Waals surface area contributed by atoms with Crippen molar-refractivity contribution < 1.29 is 23.2 Å². The molecule has 0 heterocycles. The third kappa shape index (κ3) is 4.51. The van der Waals surface area contributed by atoms with Crippen LogP contribution in [0, 0.1) is 11.8 Å². The summed E-state index contributed by atoms with van der Waals surface area (Å²) in [5.41, 5.74) is 3.62. The molecule has 0 atom stereocenters. The van der Waals surface area contributed by atoms with E-state index in [2.05, 4.69) is 24.3 Å². The Morgan fingerprint density at radius 3 is 1.43 bits per heavy atom. The van der Waals surface area contributed by atoms with E-state index < -0.39 is 23.2 Å². The fourth-order valence-corrected chi connectivity index (χ4v) is 8.81. The minimum atomic E-state index is -0.486. The second-order valence-electron chi connectivity index (χ2n) is 7.17. The first-order valence-corrected chi connectivity index (χ1v) is 11.4. The molecule has 4 aliphatic rings. The zero-order valence-electron chi connectivity index (χ0n) is 13.9. The Hall–Kier alpha value is 0.803. The average Bonchev–Trinajstić information content (AvgIpc) is 3.28. The molecule has 0 N–H and O–H groups in total. The maximum atomic E-state index is 2.50. The molecule has 4 rings (SSSR count). The first-order chi connectivity index (χ1) is 10.4. The SMILES string of the molecule is Br.Br.C1=CC(C2CCCC2)=[C]([Zr][C]2=C(C3CCCC3)C=CC2)C1. The Balaban J connectivity index is 0.000000960. The van der Waals surface area contributed by atoms with Crippen LogP contribution in [0.2, 0.25) is 0 Å². The topological polar surface area (TPSA) is 0 Å². The monoisotopic (exact) mass is 516 g/mol. The quantitative estimate of drug-likeness (QED) is 0.374. The van der Waals surface area contributed by atoms with E-state index >= 15 is 0 Å². The molecule has 0 saturated heterocycles. The molecule has 0 nitrogen and oxygen atoms in total. The molecule has 0 amide bonds. The van der Waals surface area contributed by atoms with Crippen LogP contribution < -0.4 is 0 Å². The standard InChI is InChI=1S/2C10H13.2BrH.Zr/c2*1-2-6-9(5-1)10-7-3-4-8-10;;;/h2*1,5,10H,2-4,7-8H2;2*1H;. The van der Waals surface area contributed by atoms with Crippen LogP contribution in [-0.2, 0) is 23.2 Å². The van der Waals surface area contributed by atoms with Gasteiger partial charge >= 0.3 is 141 Å². The zero-order valence-corrected chi connectivity index (χ0v) is 19.7. The van der Waals surface area contributed by atoms with Gasteiger partial charge in [-0.3, -0.25) is 0 Å². The van der Waals surface area contributed by atoms with Crippen molar-refractivity contribution in [2.75, 3.05) is 0 Å². The summed E-state index contributed by atoms with van der Waals surface area (Å²) in [5.74, 6) is 1.87. The second kappa shape index (κ2) is 9.49. The van der Waals surface area contributed by atoms with Crippen molar-refractivity contribution in [2.45, 2.75) is 64.2 Å². The van der Waals surface area contributed by atoms with Crippen LogP contribution in [0.4, 0.5) is 0 Å². The molecule has 0 aliphatic heterocycles. The van der Waals surface area contributed by atoms with Gasteiger partial charge in [0.25, 0.3) is 0 Å². The molecule has 0 radical (unpaired) electrons. The summed E-state index contributed by atoms with van der Waals surface area (Å²) in [7, 11) is 0. The van der Waals surface area contributed by atoms with Crippen LogP contribution in [0.1, 0.15) is 64.2 Å². The Bertz CT molecular complexity index is 482. The van der Waals surface area contributed by atoms with Gasteiger partial charge in [0, 0.05) is 0 Å². The van der Waals surface area contributed by atoms with Gasteiger partial charge in [-0.05, 0) is 0 Å². The van der Waals surface area contributed by atoms with Gasteiger partial charge in [0.2, 0.25) is 0 Å². The maximum absolute atomic E-state index is 2.50. The molecular formula is C20H28Br2Zr. The number of hydrogen-bond donors (Lipinski definition) is 0. The van der Waals surface area contributed by atoms with Crippen molar-refractivity contribution in [1.82, 2.24) is 0 Å². The molecule has 0 spiro atoms. The summed E-state index contributed by atoms with van der Waals surface area (Å²) in [6.45, 7) is 0. The predicted octanol–water partition coefficient (Wildman–Crippen LogP) is 7.03. The van der Waals surface area contributed by atoms with E-state index in [4.69, 9.17) is 0 Å². The van der Waals surface area contributed by atoms with E-state index in [9.17, 15) is 0 Å². The number of rotatable bonds is 4.